The summed E-state index contributed by atoms with van der Waals surface area (Å²) in [5.74, 6) is 0.211. The maximum Gasteiger partial charge on any atom is 0.289 e. The summed E-state index contributed by atoms with van der Waals surface area (Å²) in [5.41, 5.74) is 0.486. The summed E-state index contributed by atoms with van der Waals surface area (Å²) in [7, 11) is 0. The van der Waals surface area contributed by atoms with E-state index in [-0.39, 0.29) is 11.8 Å². The Morgan fingerprint density at radius 1 is 1.32 bits per heavy atom. The number of hydrogen-bond donors (Lipinski definition) is 1. The fourth-order valence-electron chi connectivity index (χ4n) is 2.67. The Kier molecular flexibility index (Phi) is 5.83. The summed E-state index contributed by atoms with van der Waals surface area (Å²) in [6, 6.07) is 3.41. The lowest BCUT2D eigenvalue weighted by Crippen LogP contribution is -2.48. The molecule has 0 radical (unpaired) electrons. The first-order valence-corrected chi connectivity index (χ1v) is 9.33. The normalized spacial score (nSPS) is 15.3. The largest absolute Gasteiger partial charge is 0.459 e. The standard InChI is InChI=1S/C17H22N4O3S/c1-2-5-18-16(22)13-12-25-15(19-13)11-20-6-8-21(9-7-20)17(23)14-4-3-10-24-14/h3-4,10,12H,2,5-9,11H2,1H3,(H,18,22). The van der Waals surface area contributed by atoms with Gasteiger partial charge in [0.1, 0.15) is 10.7 Å². The number of furan rings is 1. The third kappa shape index (κ3) is 4.46. The smallest absolute Gasteiger partial charge is 0.289 e. The SMILES string of the molecule is CCCNC(=O)c1csc(CN2CCN(C(=O)c3ccco3)CC2)n1. The van der Waals surface area contributed by atoms with Crippen LogP contribution in [0.2, 0.25) is 0 Å². The number of carbonyl (C=O) groups is 2. The van der Waals surface area contributed by atoms with Gasteiger partial charge in [0, 0.05) is 38.1 Å². The predicted octanol–water partition coefficient (Wildman–Crippen LogP) is 1.83. The third-order valence-electron chi connectivity index (χ3n) is 4.07. The number of hydrogen-bond acceptors (Lipinski definition) is 6. The van der Waals surface area contributed by atoms with Crippen LogP contribution in [-0.2, 0) is 6.54 Å². The molecule has 0 bridgehead atoms. The molecule has 2 aromatic rings. The minimum absolute atomic E-state index is 0.0613. The van der Waals surface area contributed by atoms with E-state index >= 15 is 0 Å². The van der Waals surface area contributed by atoms with E-state index in [1.807, 2.05) is 6.92 Å². The van der Waals surface area contributed by atoms with Crippen LogP contribution < -0.4 is 5.32 Å². The second-order valence-electron chi connectivity index (χ2n) is 5.93. The van der Waals surface area contributed by atoms with Crippen molar-refractivity contribution >= 4 is 23.2 Å². The van der Waals surface area contributed by atoms with Crippen molar-refractivity contribution < 1.29 is 14.0 Å². The molecule has 0 aromatic carbocycles. The van der Waals surface area contributed by atoms with Gasteiger partial charge in [-0.3, -0.25) is 14.5 Å². The molecule has 0 aliphatic carbocycles. The predicted molar refractivity (Wildman–Crippen MR) is 94.6 cm³/mol. The Labute approximate surface area is 150 Å². The summed E-state index contributed by atoms with van der Waals surface area (Å²) >= 11 is 1.50. The van der Waals surface area contributed by atoms with Gasteiger partial charge in [-0.15, -0.1) is 11.3 Å². The minimum Gasteiger partial charge on any atom is -0.459 e. The van der Waals surface area contributed by atoms with Crippen molar-refractivity contribution in [1.29, 1.82) is 0 Å². The van der Waals surface area contributed by atoms with E-state index in [1.165, 1.54) is 17.6 Å². The lowest BCUT2D eigenvalue weighted by molar-refractivity contribution is 0.0597. The average Bonchev–Trinajstić information content (AvgIpc) is 3.32. The third-order valence-corrected chi connectivity index (χ3v) is 4.90. The van der Waals surface area contributed by atoms with Crippen molar-refractivity contribution in [3.8, 4) is 0 Å². The quantitative estimate of drug-likeness (QED) is 0.848. The fraction of sp³-hybridized carbons (Fsp3) is 0.471. The molecule has 2 aromatic heterocycles. The van der Waals surface area contributed by atoms with Crippen LogP contribution in [0.25, 0.3) is 0 Å². The highest BCUT2D eigenvalue weighted by molar-refractivity contribution is 7.09. The molecule has 1 aliphatic rings. The van der Waals surface area contributed by atoms with Gasteiger partial charge in [0.25, 0.3) is 11.8 Å². The van der Waals surface area contributed by atoms with Crippen LogP contribution in [0, 0.1) is 0 Å². The molecule has 134 valence electrons. The summed E-state index contributed by atoms with van der Waals surface area (Å²) in [5, 5.41) is 5.56. The van der Waals surface area contributed by atoms with Gasteiger partial charge < -0.3 is 14.6 Å². The summed E-state index contributed by atoms with van der Waals surface area (Å²) in [6.45, 7) is 6.27. The minimum atomic E-state index is -0.113. The molecule has 25 heavy (non-hydrogen) atoms. The van der Waals surface area contributed by atoms with E-state index in [9.17, 15) is 9.59 Å². The van der Waals surface area contributed by atoms with Gasteiger partial charge in [-0.1, -0.05) is 6.92 Å². The first kappa shape index (κ1) is 17.6. The summed E-state index contributed by atoms with van der Waals surface area (Å²) < 4.78 is 5.17. The van der Waals surface area contributed by atoms with Crippen molar-refractivity contribution in [2.45, 2.75) is 19.9 Å². The summed E-state index contributed by atoms with van der Waals surface area (Å²) in [4.78, 5) is 32.6. The lowest BCUT2D eigenvalue weighted by Gasteiger charge is -2.33. The topological polar surface area (TPSA) is 78.7 Å². The molecule has 0 spiro atoms. The molecule has 1 N–H and O–H groups in total. The number of thiazole rings is 1. The van der Waals surface area contributed by atoms with Crippen molar-refractivity contribution in [3.63, 3.8) is 0 Å². The second-order valence-corrected chi connectivity index (χ2v) is 6.87. The van der Waals surface area contributed by atoms with Crippen LogP contribution >= 0.6 is 11.3 Å². The highest BCUT2D eigenvalue weighted by Gasteiger charge is 2.24. The monoisotopic (exact) mass is 362 g/mol. The molecule has 1 saturated heterocycles. The number of nitrogens with one attached hydrogen (secondary N) is 1. The Hall–Kier alpha value is -2.19. The van der Waals surface area contributed by atoms with Crippen LogP contribution in [0.4, 0.5) is 0 Å². The van der Waals surface area contributed by atoms with Gasteiger partial charge in [0.05, 0.1) is 12.8 Å². The highest BCUT2D eigenvalue weighted by Crippen LogP contribution is 2.15. The van der Waals surface area contributed by atoms with Crippen molar-refractivity contribution in [2.75, 3.05) is 32.7 Å². The molecule has 3 heterocycles. The Morgan fingerprint density at radius 3 is 2.80 bits per heavy atom. The van der Waals surface area contributed by atoms with Gasteiger partial charge >= 0.3 is 0 Å². The maximum atomic E-state index is 12.2. The van der Waals surface area contributed by atoms with Gasteiger partial charge in [-0.25, -0.2) is 4.98 Å². The zero-order valence-corrected chi connectivity index (χ0v) is 15.1. The number of aromatic nitrogens is 1. The maximum absolute atomic E-state index is 12.2. The molecular formula is C17H22N4O3S. The van der Waals surface area contributed by atoms with Crippen molar-refractivity contribution in [1.82, 2.24) is 20.1 Å². The average molecular weight is 362 g/mol. The van der Waals surface area contributed by atoms with Crippen LogP contribution in [-0.4, -0.2) is 59.3 Å². The van der Waals surface area contributed by atoms with Gasteiger partial charge in [0.15, 0.2) is 5.76 Å². The molecule has 1 fully saturated rings. The van der Waals surface area contributed by atoms with E-state index < -0.39 is 0 Å². The Bertz CT molecular complexity index is 705. The molecule has 1 aliphatic heterocycles. The van der Waals surface area contributed by atoms with Crippen molar-refractivity contribution in [3.05, 3.63) is 40.2 Å². The zero-order valence-electron chi connectivity index (χ0n) is 14.2. The van der Waals surface area contributed by atoms with Gasteiger partial charge in [-0.2, -0.15) is 0 Å². The zero-order chi connectivity index (χ0) is 17.6. The molecular weight excluding hydrogens is 340 g/mol. The highest BCUT2D eigenvalue weighted by atomic mass is 32.1. The number of amides is 2. The van der Waals surface area contributed by atoms with E-state index in [2.05, 4.69) is 15.2 Å². The molecule has 7 nitrogen and oxygen atoms in total. The molecule has 0 unspecified atom stereocenters. The second kappa shape index (κ2) is 8.26. The van der Waals surface area contributed by atoms with Crippen LogP contribution in [0.1, 0.15) is 39.4 Å². The number of rotatable bonds is 6. The van der Waals surface area contributed by atoms with Gasteiger partial charge in [-0.05, 0) is 18.6 Å². The molecule has 2 amide bonds. The van der Waals surface area contributed by atoms with Crippen LogP contribution in [0.5, 0.6) is 0 Å². The Morgan fingerprint density at radius 2 is 2.12 bits per heavy atom. The van der Waals surface area contributed by atoms with Crippen LogP contribution in [0.3, 0.4) is 0 Å². The number of piperazine rings is 1. The Balaban J connectivity index is 1.48. The molecule has 3 rings (SSSR count). The molecule has 0 saturated carbocycles. The van der Waals surface area contributed by atoms with E-state index in [4.69, 9.17) is 4.42 Å². The van der Waals surface area contributed by atoms with Gasteiger partial charge in [0.2, 0.25) is 0 Å². The lowest BCUT2D eigenvalue weighted by atomic mass is 10.3. The fourth-order valence-corrected chi connectivity index (χ4v) is 3.49. The van der Waals surface area contributed by atoms with E-state index in [0.29, 0.717) is 37.6 Å². The number of nitrogens with zero attached hydrogens (tertiary/aromatic N) is 3. The van der Waals surface area contributed by atoms with Crippen molar-refractivity contribution in [2.24, 2.45) is 0 Å². The first-order valence-electron chi connectivity index (χ1n) is 8.45. The first-order chi connectivity index (χ1) is 12.2. The summed E-state index contributed by atoms with van der Waals surface area (Å²) in [6.07, 6.45) is 2.42. The molecule has 0 atom stereocenters. The van der Waals surface area contributed by atoms with Crippen LogP contribution in [0.15, 0.2) is 28.2 Å². The number of carbonyl (C=O) groups excluding carboxylic acids is 2. The van der Waals surface area contributed by atoms with E-state index in [0.717, 1.165) is 24.5 Å². The molecule has 8 heteroatoms. The van der Waals surface area contributed by atoms with E-state index in [1.54, 1.807) is 22.4 Å².